The van der Waals surface area contributed by atoms with Crippen molar-refractivity contribution in [3.05, 3.63) is 78.2 Å². The van der Waals surface area contributed by atoms with Gasteiger partial charge in [0.15, 0.2) is 0 Å². The zero-order valence-corrected chi connectivity index (χ0v) is 21.5. The van der Waals surface area contributed by atoms with Gasteiger partial charge in [0.25, 0.3) is 10.0 Å². The molecule has 2 N–H and O–H groups in total. The number of aromatic nitrogens is 2. The molecule has 3 atom stereocenters. The van der Waals surface area contributed by atoms with Crippen molar-refractivity contribution in [1.82, 2.24) is 14.9 Å². The fourth-order valence-corrected chi connectivity index (χ4v) is 6.56. The van der Waals surface area contributed by atoms with E-state index in [0.717, 1.165) is 62.5 Å². The number of anilines is 2. The Morgan fingerprint density at radius 1 is 0.974 bits per heavy atom. The van der Waals surface area contributed by atoms with E-state index < -0.39 is 21.8 Å². The van der Waals surface area contributed by atoms with Crippen LogP contribution in [-0.4, -0.2) is 48.5 Å². The van der Waals surface area contributed by atoms with Gasteiger partial charge < -0.3 is 5.32 Å². The molecule has 202 valence electrons. The number of halogens is 3. The van der Waals surface area contributed by atoms with Crippen LogP contribution in [-0.2, 0) is 16.2 Å². The van der Waals surface area contributed by atoms with Crippen LogP contribution in [0.2, 0.25) is 0 Å². The molecule has 2 aliphatic rings. The number of alkyl halides is 3. The van der Waals surface area contributed by atoms with Crippen molar-refractivity contribution in [3.8, 4) is 0 Å². The molecule has 7 nitrogen and oxygen atoms in total. The van der Waals surface area contributed by atoms with Gasteiger partial charge in [-0.3, -0.25) is 9.62 Å². The van der Waals surface area contributed by atoms with E-state index in [2.05, 4.69) is 24.9 Å². The third-order valence-corrected chi connectivity index (χ3v) is 8.82. The lowest BCUT2D eigenvalue weighted by Crippen LogP contribution is -2.49. The second-order valence-corrected chi connectivity index (χ2v) is 11.6. The summed E-state index contributed by atoms with van der Waals surface area (Å²) in [6, 6.07) is 14.1. The zero-order chi connectivity index (χ0) is 26.8. The zero-order valence-electron chi connectivity index (χ0n) is 20.7. The Balaban J connectivity index is 1.30. The van der Waals surface area contributed by atoms with Crippen LogP contribution in [0.5, 0.6) is 0 Å². The van der Waals surface area contributed by atoms with Crippen molar-refractivity contribution < 1.29 is 21.6 Å². The number of nitrogens with zero attached hydrogens (tertiary/aromatic N) is 3. The fraction of sp³-hybridized carbons (Fsp3) is 0.407. The second-order valence-electron chi connectivity index (χ2n) is 9.92. The predicted molar refractivity (Wildman–Crippen MR) is 139 cm³/mol. The molecule has 3 unspecified atom stereocenters. The summed E-state index contributed by atoms with van der Waals surface area (Å²) in [6.45, 7) is 1.95. The third-order valence-electron chi connectivity index (χ3n) is 7.45. The summed E-state index contributed by atoms with van der Waals surface area (Å²) >= 11 is 0. The molecule has 5 rings (SSSR count). The predicted octanol–water partition coefficient (Wildman–Crippen LogP) is 5.51. The van der Waals surface area contributed by atoms with Gasteiger partial charge in [0.1, 0.15) is 12.1 Å². The van der Waals surface area contributed by atoms with E-state index in [1.165, 1.54) is 30.7 Å². The molecule has 2 heterocycles. The number of hydrogen-bond acceptors (Lipinski definition) is 6. The maximum atomic E-state index is 13.3. The fourth-order valence-electron chi connectivity index (χ4n) is 5.56. The minimum absolute atomic E-state index is 0.0568. The summed E-state index contributed by atoms with van der Waals surface area (Å²) in [7, 11) is -3.80. The molecule has 1 aliphatic heterocycles. The molecule has 2 aromatic carbocycles. The largest absolute Gasteiger partial charge is 0.416 e. The van der Waals surface area contributed by atoms with Gasteiger partial charge in [0, 0.05) is 24.0 Å². The van der Waals surface area contributed by atoms with E-state index in [1.807, 2.05) is 6.07 Å². The molecule has 0 amide bonds. The minimum atomic E-state index is -4.35. The van der Waals surface area contributed by atoms with Gasteiger partial charge in [-0.1, -0.05) is 18.2 Å². The molecule has 1 saturated carbocycles. The number of nitrogens with one attached hydrogen (secondary N) is 2. The molecule has 1 aliphatic carbocycles. The summed E-state index contributed by atoms with van der Waals surface area (Å²) in [6.07, 6.45) is 2.95. The minimum Gasteiger partial charge on any atom is -0.381 e. The van der Waals surface area contributed by atoms with E-state index in [9.17, 15) is 21.6 Å². The molecule has 0 bridgehead atoms. The Labute approximate surface area is 220 Å². The average molecular weight is 546 g/mol. The van der Waals surface area contributed by atoms with Crippen molar-refractivity contribution >= 4 is 21.5 Å². The monoisotopic (exact) mass is 545 g/mol. The van der Waals surface area contributed by atoms with Crippen LogP contribution in [0.25, 0.3) is 0 Å². The summed E-state index contributed by atoms with van der Waals surface area (Å²) in [5.41, 5.74) is 0.947. The van der Waals surface area contributed by atoms with Gasteiger partial charge in [-0.15, -0.1) is 0 Å². The van der Waals surface area contributed by atoms with Crippen molar-refractivity contribution in [3.63, 3.8) is 0 Å². The summed E-state index contributed by atoms with van der Waals surface area (Å²) in [5, 5.41) is 3.59. The SMILES string of the molecule is O=S(=O)(Nc1ccncn1)c1ccc(NC2CCC(c3cccc(C(F)(F)F)c3)CC2N2CCCC2)cc1. The third kappa shape index (κ3) is 6.10. The first-order chi connectivity index (χ1) is 18.2. The van der Waals surface area contributed by atoms with Crippen LogP contribution >= 0.6 is 0 Å². The molecule has 3 aromatic rings. The number of hydrogen-bond donors (Lipinski definition) is 2. The maximum absolute atomic E-state index is 13.3. The van der Waals surface area contributed by atoms with Crippen LogP contribution in [0.3, 0.4) is 0 Å². The molecule has 1 saturated heterocycles. The number of sulfonamides is 1. The standard InChI is InChI=1S/C27H30F3N5O2S/c28-27(29,30)21-5-3-4-19(16-21)20-6-11-24(25(17-20)35-14-1-2-15-35)33-22-7-9-23(10-8-22)38(36,37)34-26-12-13-31-18-32-26/h3-5,7-10,12-13,16,18,20,24-25,33H,1-2,6,11,14-15,17H2,(H,31,32,34). The molecule has 1 aromatic heterocycles. The number of likely N-dealkylation sites (tertiary alicyclic amines) is 1. The molecular weight excluding hydrogens is 515 g/mol. The van der Waals surface area contributed by atoms with Crippen molar-refractivity contribution in [1.29, 1.82) is 0 Å². The summed E-state index contributed by atoms with van der Waals surface area (Å²) in [4.78, 5) is 10.2. The van der Waals surface area contributed by atoms with Crippen LogP contribution in [0.15, 0.2) is 72.0 Å². The van der Waals surface area contributed by atoms with Crippen LogP contribution in [0.4, 0.5) is 24.7 Å². The molecule has 2 fully saturated rings. The van der Waals surface area contributed by atoms with Gasteiger partial charge in [0.05, 0.1) is 10.5 Å². The van der Waals surface area contributed by atoms with Crippen LogP contribution in [0.1, 0.15) is 49.1 Å². The molecular formula is C27H30F3N5O2S. The second kappa shape index (κ2) is 10.9. The molecule has 38 heavy (non-hydrogen) atoms. The van der Waals surface area contributed by atoms with Gasteiger partial charge in [-0.2, -0.15) is 13.2 Å². The Kier molecular flexibility index (Phi) is 7.58. The lowest BCUT2D eigenvalue weighted by atomic mass is 9.77. The highest BCUT2D eigenvalue weighted by atomic mass is 32.2. The normalized spacial score (nSPS) is 22.8. The first-order valence-electron chi connectivity index (χ1n) is 12.8. The van der Waals surface area contributed by atoms with E-state index in [4.69, 9.17) is 0 Å². The van der Waals surface area contributed by atoms with Crippen molar-refractivity contribution in [2.24, 2.45) is 0 Å². The van der Waals surface area contributed by atoms with Crippen molar-refractivity contribution in [2.45, 2.75) is 61.2 Å². The smallest absolute Gasteiger partial charge is 0.381 e. The van der Waals surface area contributed by atoms with Crippen LogP contribution in [0, 0.1) is 0 Å². The first kappa shape index (κ1) is 26.4. The summed E-state index contributed by atoms with van der Waals surface area (Å²) < 4.78 is 67.8. The Morgan fingerprint density at radius 2 is 1.74 bits per heavy atom. The maximum Gasteiger partial charge on any atom is 0.416 e. The topological polar surface area (TPSA) is 87.2 Å². The quantitative estimate of drug-likeness (QED) is 0.407. The molecule has 0 radical (unpaired) electrons. The highest BCUT2D eigenvalue weighted by molar-refractivity contribution is 7.92. The van der Waals surface area contributed by atoms with Gasteiger partial charge in [-0.05, 0) is 93.1 Å². The van der Waals surface area contributed by atoms with E-state index >= 15 is 0 Å². The first-order valence-corrected chi connectivity index (χ1v) is 14.2. The van der Waals surface area contributed by atoms with E-state index in [-0.39, 0.29) is 28.7 Å². The van der Waals surface area contributed by atoms with Gasteiger partial charge in [-0.25, -0.2) is 18.4 Å². The Hall–Kier alpha value is -3.18. The van der Waals surface area contributed by atoms with Gasteiger partial charge in [0.2, 0.25) is 0 Å². The van der Waals surface area contributed by atoms with Crippen LogP contribution < -0.4 is 10.0 Å². The number of benzene rings is 2. The summed E-state index contributed by atoms with van der Waals surface area (Å²) in [5.74, 6) is 0.245. The Bertz CT molecular complexity index is 1330. The highest BCUT2D eigenvalue weighted by Gasteiger charge is 2.37. The van der Waals surface area contributed by atoms with E-state index in [0.29, 0.717) is 0 Å². The molecule has 11 heteroatoms. The molecule has 0 spiro atoms. The lowest BCUT2D eigenvalue weighted by Gasteiger charge is -2.42. The lowest BCUT2D eigenvalue weighted by molar-refractivity contribution is -0.137. The number of rotatable bonds is 7. The average Bonchev–Trinajstić information content (AvgIpc) is 3.44. The highest BCUT2D eigenvalue weighted by Crippen LogP contribution is 2.39. The van der Waals surface area contributed by atoms with E-state index in [1.54, 1.807) is 24.3 Å². The van der Waals surface area contributed by atoms with Crippen molar-refractivity contribution in [2.75, 3.05) is 23.1 Å². The van der Waals surface area contributed by atoms with Gasteiger partial charge >= 0.3 is 6.18 Å². The Morgan fingerprint density at radius 3 is 2.42 bits per heavy atom.